The zero-order chi connectivity index (χ0) is 11.4. The molecule has 0 heteroatoms. The first-order valence-corrected chi connectivity index (χ1v) is 5.38. The Kier molecular flexibility index (Phi) is 13.2. The molecule has 0 amide bonds. The van der Waals surface area contributed by atoms with Crippen LogP contribution >= 0.6 is 0 Å². The van der Waals surface area contributed by atoms with Crippen molar-refractivity contribution < 1.29 is 0 Å². The topological polar surface area (TPSA) is 0 Å². The number of rotatable bonds is 2. The third-order valence-electron chi connectivity index (χ3n) is 1.66. The van der Waals surface area contributed by atoms with Gasteiger partial charge in [-0.2, -0.15) is 0 Å². The Balaban J connectivity index is 0. The van der Waals surface area contributed by atoms with E-state index in [9.17, 15) is 0 Å². The Morgan fingerprint density at radius 1 is 1.00 bits per heavy atom. The molecular weight excluding hydrogens is 168 g/mol. The first-order valence-electron chi connectivity index (χ1n) is 5.38. The van der Waals surface area contributed by atoms with Crippen LogP contribution in [0, 0.1) is 6.92 Å². The van der Waals surface area contributed by atoms with E-state index in [1.54, 1.807) is 0 Å². The van der Waals surface area contributed by atoms with Gasteiger partial charge in [0, 0.05) is 0 Å². The Labute approximate surface area is 89.7 Å². The summed E-state index contributed by atoms with van der Waals surface area (Å²) in [6, 6.07) is 8.76. The second-order valence-corrected chi connectivity index (χ2v) is 2.74. The maximum atomic E-state index is 3.00. The average molecular weight is 192 g/mol. The summed E-state index contributed by atoms with van der Waals surface area (Å²) in [7, 11) is 0. The van der Waals surface area contributed by atoms with Crippen molar-refractivity contribution in [1.29, 1.82) is 0 Å². The van der Waals surface area contributed by atoms with E-state index >= 15 is 0 Å². The molecule has 0 saturated carbocycles. The largest absolute Gasteiger partial charge is 0.106 e. The van der Waals surface area contributed by atoms with Crippen LogP contribution in [0.1, 0.15) is 38.3 Å². The maximum Gasteiger partial charge on any atom is -0.0281 e. The Morgan fingerprint density at radius 3 is 1.79 bits per heavy atom. The van der Waals surface area contributed by atoms with Gasteiger partial charge in [-0.25, -0.2) is 0 Å². The molecular formula is C14H24. The molecule has 0 N–H and O–H groups in total. The highest BCUT2D eigenvalue weighted by Gasteiger charge is 1.87. The molecule has 0 saturated heterocycles. The lowest BCUT2D eigenvalue weighted by Gasteiger charge is -1.97. The van der Waals surface area contributed by atoms with Crippen LogP contribution in [0.3, 0.4) is 0 Å². The highest BCUT2D eigenvalue weighted by atomic mass is 13.9. The predicted molar refractivity (Wildman–Crippen MR) is 67.8 cm³/mol. The van der Waals surface area contributed by atoms with E-state index in [1.165, 1.54) is 24.0 Å². The summed E-state index contributed by atoms with van der Waals surface area (Å²) >= 11 is 0. The lowest BCUT2D eigenvalue weighted by Crippen LogP contribution is -1.81. The summed E-state index contributed by atoms with van der Waals surface area (Å²) in [6.07, 6.45) is 2.45. The van der Waals surface area contributed by atoms with Crippen LogP contribution in [0.4, 0.5) is 0 Å². The molecule has 0 aliphatic rings. The summed E-state index contributed by atoms with van der Waals surface area (Å²) in [4.78, 5) is 0. The molecule has 0 aromatic heterocycles. The molecule has 0 radical (unpaired) electrons. The Hall–Kier alpha value is -1.04. The summed E-state index contributed by atoms with van der Waals surface area (Å²) in [6.45, 7) is 14.3. The monoisotopic (exact) mass is 192 g/mol. The molecule has 0 spiro atoms. The molecule has 0 aliphatic heterocycles. The van der Waals surface area contributed by atoms with Crippen LogP contribution in [0.5, 0.6) is 0 Å². The summed E-state index contributed by atoms with van der Waals surface area (Å²) in [5.74, 6) is 0. The summed E-state index contributed by atoms with van der Waals surface area (Å²) < 4.78 is 0. The molecule has 80 valence electrons. The van der Waals surface area contributed by atoms with Crippen molar-refractivity contribution in [3.8, 4) is 0 Å². The molecule has 14 heavy (non-hydrogen) atoms. The fourth-order valence-corrected chi connectivity index (χ4v) is 1.04. The standard InChI is InChI=1S/C10H14.C2H6.C2H4/c1-3-4-10-7-5-9(2)6-8-10;2*1-2/h5-8H,3-4H2,1-2H3;1-2H3;1-2H2. The highest BCUT2D eigenvalue weighted by molar-refractivity contribution is 5.21. The second-order valence-electron chi connectivity index (χ2n) is 2.74. The van der Waals surface area contributed by atoms with Crippen molar-refractivity contribution >= 4 is 0 Å². The Morgan fingerprint density at radius 2 is 1.43 bits per heavy atom. The number of hydrogen-bond acceptors (Lipinski definition) is 0. The molecule has 1 aromatic carbocycles. The van der Waals surface area contributed by atoms with Gasteiger partial charge in [0.2, 0.25) is 0 Å². The van der Waals surface area contributed by atoms with Crippen molar-refractivity contribution in [2.75, 3.05) is 0 Å². The van der Waals surface area contributed by atoms with Gasteiger partial charge in [-0.05, 0) is 18.9 Å². The normalized spacial score (nSPS) is 7.71. The minimum atomic E-state index is 1.21. The molecule has 0 atom stereocenters. The van der Waals surface area contributed by atoms with E-state index in [0.717, 1.165) is 0 Å². The molecule has 0 fully saturated rings. The fourth-order valence-electron chi connectivity index (χ4n) is 1.04. The smallest absolute Gasteiger partial charge is 0.0281 e. The van der Waals surface area contributed by atoms with Crippen molar-refractivity contribution in [2.24, 2.45) is 0 Å². The predicted octanol–water partition coefficient (Wildman–Crippen LogP) is 4.78. The number of aryl methyl sites for hydroxylation is 2. The van der Waals surface area contributed by atoms with Crippen LogP contribution in [-0.4, -0.2) is 0 Å². The molecule has 0 nitrogen and oxygen atoms in total. The van der Waals surface area contributed by atoms with E-state index in [1.807, 2.05) is 13.8 Å². The zero-order valence-corrected chi connectivity index (χ0v) is 10.1. The lowest BCUT2D eigenvalue weighted by molar-refractivity contribution is 0.921. The van der Waals surface area contributed by atoms with Crippen LogP contribution in [0.2, 0.25) is 0 Å². The van der Waals surface area contributed by atoms with Gasteiger partial charge in [-0.3, -0.25) is 0 Å². The van der Waals surface area contributed by atoms with Crippen LogP contribution in [-0.2, 0) is 6.42 Å². The van der Waals surface area contributed by atoms with Gasteiger partial charge in [-0.15, -0.1) is 13.2 Å². The number of hydrogen-bond donors (Lipinski definition) is 0. The molecule has 1 rings (SSSR count). The highest BCUT2D eigenvalue weighted by Crippen LogP contribution is 2.04. The molecule has 0 unspecified atom stereocenters. The molecule has 1 aromatic rings. The SMILES string of the molecule is C=C.CC.CCCc1ccc(C)cc1. The van der Waals surface area contributed by atoms with Crippen LogP contribution in [0.15, 0.2) is 37.4 Å². The lowest BCUT2D eigenvalue weighted by atomic mass is 10.1. The molecule has 0 bridgehead atoms. The van der Waals surface area contributed by atoms with E-state index in [2.05, 4.69) is 51.3 Å². The van der Waals surface area contributed by atoms with Crippen molar-refractivity contribution in [2.45, 2.75) is 40.5 Å². The van der Waals surface area contributed by atoms with Gasteiger partial charge in [0.25, 0.3) is 0 Å². The van der Waals surface area contributed by atoms with Gasteiger partial charge in [0.1, 0.15) is 0 Å². The van der Waals surface area contributed by atoms with Crippen molar-refractivity contribution in [3.63, 3.8) is 0 Å². The fraction of sp³-hybridized carbons (Fsp3) is 0.429. The van der Waals surface area contributed by atoms with Gasteiger partial charge in [-0.1, -0.05) is 57.0 Å². The molecule has 0 aliphatic carbocycles. The van der Waals surface area contributed by atoms with Gasteiger partial charge in [0.15, 0.2) is 0 Å². The van der Waals surface area contributed by atoms with E-state index < -0.39 is 0 Å². The van der Waals surface area contributed by atoms with E-state index in [4.69, 9.17) is 0 Å². The first kappa shape index (κ1) is 15.4. The van der Waals surface area contributed by atoms with Crippen molar-refractivity contribution in [1.82, 2.24) is 0 Å². The first-order chi connectivity index (χ1) is 6.83. The third-order valence-corrected chi connectivity index (χ3v) is 1.66. The summed E-state index contributed by atoms with van der Waals surface area (Å²) in [5, 5.41) is 0. The minimum absolute atomic E-state index is 1.21. The second kappa shape index (κ2) is 12.0. The third kappa shape index (κ3) is 7.60. The quantitative estimate of drug-likeness (QED) is 0.592. The number of benzene rings is 1. The van der Waals surface area contributed by atoms with Gasteiger partial charge in [0.05, 0.1) is 0 Å². The minimum Gasteiger partial charge on any atom is -0.106 e. The zero-order valence-electron chi connectivity index (χ0n) is 10.1. The van der Waals surface area contributed by atoms with E-state index in [0.29, 0.717) is 0 Å². The van der Waals surface area contributed by atoms with Crippen molar-refractivity contribution in [3.05, 3.63) is 48.6 Å². The average Bonchev–Trinajstić information content (AvgIpc) is 2.28. The van der Waals surface area contributed by atoms with Gasteiger partial charge < -0.3 is 0 Å². The Bertz CT molecular complexity index is 196. The van der Waals surface area contributed by atoms with E-state index in [-0.39, 0.29) is 0 Å². The summed E-state index contributed by atoms with van der Waals surface area (Å²) in [5.41, 5.74) is 2.80. The van der Waals surface area contributed by atoms with Crippen LogP contribution in [0.25, 0.3) is 0 Å². The van der Waals surface area contributed by atoms with Crippen LogP contribution < -0.4 is 0 Å². The maximum absolute atomic E-state index is 3.00. The van der Waals surface area contributed by atoms with Gasteiger partial charge >= 0.3 is 0 Å². The molecule has 0 heterocycles.